The molecular formula is C25H23N3O3. The predicted molar refractivity (Wildman–Crippen MR) is 120 cm³/mol. The molecule has 0 spiro atoms. The number of benzene rings is 3. The average Bonchev–Trinajstić information content (AvgIpc) is 3.52. The Balaban J connectivity index is 1.52. The van der Waals surface area contributed by atoms with E-state index in [1.165, 1.54) is 29.5 Å². The Labute approximate surface area is 180 Å². The predicted octanol–water partition coefficient (Wildman–Crippen LogP) is 4.67. The fourth-order valence-corrected chi connectivity index (χ4v) is 4.02. The number of hydrazone groups is 1. The highest BCUT2D eigenvalue weighted by Gasteiger charge is 2.60. The third-order valence-electron chi connectivity index (χ3n) is 5.90. The number of nitrogens with one attached hydrogen (secondary N) is 1. The minimum absolute atomic E-state index is 0.0140. The van der Waals surface area contributed by atoms with Crippen LogP contribution in [0.5, 0.6) is 0 Å². The molecule has 4 rings (SSSR count). The first-order valence-corrected chi connectivity index (χ1v) is 10.1. The van der Waals surface area contributed by atoms with Gasteiger partial charge in [-0.05, 0) is 49.1 Å². The van der Waals surface area contributed by atoms with E-state index in [1.807, 2.05) is 13.8 Å². The van der Waals surface area contributed by atoms with E-state index >= 15 is 0 Å². The van der Waals surface area contributed by atoms with Crippen molar-refractivity contribution >= 4 is 17.8 Å². The van der Waals surface area contributed by atoms with Crippen LogP contribution in [0.3, 0.4) is 0 Å². The van der Waals surface area contributed by atoms with E-state index in [4.69, 9.17) is 0 Å². The van der Waals surface area contributed by atoms with Crippen molar-refractivity contribution < 1.29 is 9.72 Å². The largest absolute Gasteiger partial charge is 0.273 e. The Morgan fingerprint density at radius 1 is 0.968 bits per heavy atom. The fraction of sp³-hybridized carbons (Fsp3) is 0.200. The first kappa shape index (κ1) is 20.5. The van der Waals surface area contributed by atoms with Gasteiger partial charge in [-0.2, -0.15) is 5.10 Å². The van der Waals surface area contributed by atoms with Gasteiger partial charge in [-0.1, -0.05) is 59.7 Å². The zero-order valence-corrected chi connectivity index (χ0v) is 17.4. The summed E-state index contributed by atoms with van der Waals surface area (Å²) in [6.45, 7) is 4.10. The van der Waals surface area contributed by atoms with Gasteiger partial charge in [0.2, 0.25) is 5.91 Å². The van der Waals surface area contributed by atoms with Crippen LogP contribution >= 0.6 is 0 Å². The topological polar surface area (TPSA) is 84.6 Å². The molecule has 31 heavy (non-hydrogen) atoms. The Morgan fingerprint density at radius 3 is 1.97 bits per heavy atom. The molecule has 1 atom stereocenters. The third kappa shape index (κ3) is 4.10. The van der Waals surface area contributed by atoms with Gasteiger partial charge in [0.05, 0.1) is 17.1 Å². The number of carbonyl (C=O) groups is 1. The molecule has 0 heterocycles. The van der Waals surface area contributed by atoms with E-state index in [-0.39, 0.29) is 22.9 Å². The van der Waals surface area contributed by atoms with Crippen LogP contribution in [0, 0.1) is 29.9 Å². The summed E-state index contributed by atoms with van der Waals surface area (Å²) in [7, 11) is 0. The van der Waals surface area contributed by atoms with Gasteiger partial charge in [0, 0.05) is 17.5 Å². The summed E-state index contributed by atoms with van der Waals surface area (Å²) in [5.41, 5.74) is 7.59. The number of nitro groups is 1. The summed E-state index contributed by atoms with van der Waals surface area (Å²) in [5.74, 6) is -0.355. The van der Waals surface area contributed by atoms with Crippen LogP contribution in [0.2, 0.25) is 0 Å². The Bertz CT molecular complexity index is 1090. The van der Waals surface area contributed by atoms with Crippen molar-refractivity contribution in [3.8, 4) is 0 Å². The molecule has 0 aromatic heterocycles. The van der Waals surface area contributed by atoms with Crippen molar-refractivity contribution in [2.75, 3.05) is 0 Å². The number of amides is 1. The number of carbonyl (C=O) groups excluding carboxylic acids is 1. The second kappa shape index (κ2) is 8.14. The first-order chi connectivity index (χ1) is 14.9. The molecule has 0 radical (unpaired) electrons. The minimum atomic E-state index is -0.453. The molecule has 3 aromatic carbocycles. The summed E-state index contributed by atoms with van der Waals surface area (Å²) in [6.07, 6.45) is 2.21. The standard InChI is InChI=1S/C25H23N3O3/c1-17-3-9-20(10-4-17)25(21-11-5-18(2)6-12-21)15-23(25)24(29)27-26-16-19-7-13-22(14-8-19)28(30)31/h3-14,16,23H,15H2,1-2H3,(H,27,29)/b26-16-/t23-/m0/s1. The van der Waals surface area contributed by atoms with Gasteiger partial charge in [0.15, 0.2) is 0 Å². The van der Waals surface area contributed by atoms with E-state index in [0.717, 1.165) is 17.5 Å². The van der Waals surface area contributed by atoms with E-state index in [0.29, 0.717) is 5.56 Å². The molecule has 1 aliphatic rings. The molecule has 0 saturated heterocycles. The smallest absolute Gasteiger partial charge is 0.269 e. The summed E-state index contributed by atoms with van der Waals surface area (Å²) in [5, 5.41) is 14.8. The number of nitrogens with zero attached hydrogens (tertiary/aromatic N) is 2. The van der Waals surface area contributed by atoms with E-state index < -0.39 is 4.92 Å². The van der Waals surface area contributed by atoms with Gasteiger partial charge in [0.25, 0.3) is 5.69 Å². The van der Waals surface area contributed by atoms with Crippen LogP contribution < -0.4 is 5.43 Å². The second-order valence-corrected chi connectivity index (χ2v) is 8.04. The van der Waals surface area contributed by atoms with Crippen LogP contribution in [0.25, 0.3) is 0 Å². The lowest BCUT2D eigenvalue weighted by molar-refractivity contribution is -0.384. The van der Waals surface area contributed by atoms with Crippen LogP contribution in [0.15, 0.2) is 77.9 Å². The third-order valence-corrected chi connectivity index (χ3v) is 5.90. The van der Waals surface area contributed by atoms with E-state index in [1.54, 1.807) is 12.1 Å². The summed E-state index contributed by atoms with van der Waals surface area (Å²) in [4.78, 5) is 23.2. The molecule has 1 saturated carbocycles. The van der Waals surface area contributed by atoms with E-state index in [9.17, 15) is 14.9 Å². The highest BCUT2D eigenvalue weighted by molar-refractivity contribution is 5.87. The Kier molecular flexibility index (Phi) is 5.38. The maximum Gasteiger partial charge on any atom is 0.269 e. The highest BCUT2D eigenvalue weighted by atomic mass is 16.6. The fourth-order valence-electron chi connectivity index (χ4n) is 4.02. The number of hydrogen-bond donors (Lipinski definition) is 1. The monoisotopic (exact) mass is 413 g/mol. The van der Waals surface area contributed by atoms with Crippen molar-refractivity contribution in [1.82, 2.24) is 5.43 Å². The summed E-state index contributed by atoms with van der Waals surface area (Å²) in [6, 6.07) is 22.7. The lowest BCUT2D eigenvalue weighted by Crippen LogP contribution is -2.25. The Hall–Kier alpha value is -3.80. The molecule has 0 bridgehead atoms. The van der Waals surface area contributed by atoms with Gasteiger partial charge in [-0.15, -0.1) is 0 Å². The zero-order chi connectivity index (χ0) is 22.0. The molecule has 6 nitrogen and oxygen atoms in total. The number of nitro benzene ring substituents is 1. The normalized spacial score (nSPS) is 16.8. The van der Waals surface area contributed by atoms with Crippen LogP contribution in [-0.2, 0) is 10.2 Å². The van der Waals surface area contributed by atoms with Gasteiger partial charge in [-0.25, -0.2) is 5.43 Å². The first-order valence-electron chi connectivity index (χ1n) is 10.1. The van der Waals surface area contributed by atoms with Gasteiger partial charge >= 0.3 is 0 Å². The molecule has 0 unspecified atom stereocenters. The molecule has 0 aliphatic heterocycles. The zero-order valence-electron chi connectivity index (χ0n) is 17.4. The van der Waals surface area contributed by atoms with Crippen molar-refractivity contribution in [1.29, 1.82) is 0 Å². The number of aryl methyl sites for hydroxylation is 2. The lowest BCUT2D eigenvalue weighted by atomic mass is 9.85. The van der Waals surface area contributed by atoms with Crippen molar-refractivity contribution in [3.05, 3.63) is 111 Å². The molecule has 1 N–H and O–H groups in total. The maximum absolute atomic E-state index is 12.9. The SMILES string of the molecule is Cc1ccc(C2(c3ccc(C)cc3)C[C@H]2C(=O)N/N=C\c2ccc([N+](=O)[O-])cc2)cc1. The number of rotatable bonds is 6. The van der Waals surface area contributed by atoms with Crippen LogP contribution in [0.1, 0.15) is 34.2 Å². The van der Waals surface area contributed by atoms with E-state index in [2.05, 4.69) is 59.1 Å². The molecule has 3 aromatic rings. The quantitative estimate of drug-likeness (QED) is 0.362. The van der Waals surface area contributed by atoms with Crippen molar-refractivity contribution in [2.45, 2.75) is 25.7 Å². The van der Waals surface area contributed by atoms with Gasteiger partial charge in [0.1, 0.15) is 0 Å². The van der Waals surface area contributed by atoms with Gasteiger partial charge in [-0.3, -0.25) is 14.9 Å². The second-order valence-electron chi connectivity index (χ2n) is 8.04. The van der Waals surface area contributed by atoms with Crippen molar-refractivity contribution in [3.63, 3.8) is 0 Å². The molecule has 1 fully saturated rings. The summed E-state index contributed by atoms with van der Waals surface area (Å²) >= 11 is 0. The molecule has 1 aliphatic carbocycles. The molecule has 156 valence electrons. The molecule has 6 heteroatoms. The Morgan fingerprint density at radius 2 is 1.48 bits per heavy atom. The minimum Gasteiger partial charge on any atom is -0.273 e. The lowest BCUT2D eigenvalue weighted by Gasteiger charge is -2.19. The number of non-ortho nitro benzene ring substituents is 1. The number of hydrogen-bond acceptors (Lipinski definition) is 4. The van der Waals surface area contributed by atoms with Gasteiger partial charge < -0.3 is 0 Å². The summed E-state index contributed by atoms with van der Waals surface area (Å²) < 4.78 is 0. The molecular weight excluding hydrogens is 390 g/mol. The van der Waals surface area contributed by atoms with Crippen LogP contribution in [0.4, 0.5) is 5.69 Å². The average molecular weight is 413 g/mol. The maximum atomic E-state index is 12.9. The highest BCUT2D eigenvalue weighted by Crippen LogP contribution is 2.59. The van der Waals surface area contributed by atoms with Crippen LogP contribution in [-0.4, -0.2) is 17.0 Å². The van der Waals surface area contributed by atoms with Crippen molar-refractivity contribution in [2.24, 2.45) is 11.0 Å². The molecule has 1 amide bonds.